The van der Waals surface area contributed by atoms with E-state index in [1.807, 2.05) is 42.5 Å². The number of nitrogens with one attached hydrogen (secondary N) is 1. The lowest BCUT2D eigenvalue weighted by Gasteiger charge is -2.14. The zero-order valence-electron chi connectivity index (χ0n) is 9.03. The van der Waals surface area contributed by atoms with Crippen LogP contribution in [0.4, 0.5) is 5.69 Å². The van der Waals surface area contributed by atoms with Crippen molar-refractivity contribution >= 4 is 40.7 Å². The number of nitrogens with two attached hydrogens (primary N) is 1. The summed E-state index contributed by atoms with van der Waals surface area (Å²) in [5.41, 5.74) is 9.37. The van der Waals surface area contributed by atoms with E-state index in [9.17, 15) is 0 Å². The normalized spacial score (nSPS) is 11.9. The fraction of sp³-hybridized carbons (Fsp3) is 0. The maximum absolute atomic E-state index is 7.85. The van der Waals surface area contributed by atoms with Crippen LogP contribution in [-0.2, 0) is 0 Å². The van der Waals surface area contributed by atoms with E-state index in [0.717, 1.165) is 27.6 Å². The predicted octanol–water partition coefficient (Wildman–Crippen LogP) is 2.41. The summed E-state index contributed by atoms with van der Waals surface area (Å²) in [6.07, 6.45) is 3.80. The highest BCUT2D eigenvalue weighted by Gasteiger charge is 2.12. The lowest BCUT2D eigenvalue weighted by Crippen LogP contribution is -2.02. The monoisotopic (exact) mass is 248 g/mol. The number of anilines is 1. The van der Waals surface area contributed by atoms with Gasteiger partial charge in [-0.15, -0.1) is 12.4 Å². The van der Waals surface area contributed by atoms with Crippen molar-refractivity contribution in [2.45, 2.75) is 0 Å². The Labute approximate surface area is 105 Å². The fourth-order valence-corrected chi connectivity index (χ4v) is 2.08. The van der Waals surface area contributed by atoms with Gasteiger partial charge in [-0.2, -0.15) is 0 Å². The fourth-order valence-electron chi connectivity index (χ4n) is 2.08. The van der Waals surface area contributed by atoms with E-state index in [1.54, 1.807) is 0 Å². The van der Waals surface area contributed by atoms with E-state index in [1.165, 1.54) is 0 Å². The zero-order chi connectivity index (χ0) is 10.4. The highest BCUT2D eigenvalue weighted by Crippen LogP contribution is 2.31. The summed E-state index contributed by atoms with van der Waals surface area (Å²) in [5.74, 6) is 0. The maximum atomic E-state index is 7.85. The van der Waals surface area contributed by atoms with Crippen molar-refractivity contribution in [1.29, 1.82) is 5.41 Å². The van der Waals surface area contributed by atoms with Gasteiger partial charge in [-0.1, -0.05) is 30.3 Å². The number of nitrogen functional groups attached to an aromatic ring is 1. The first-order valence-corrected chi connectivity index (χ1v) is 4.85. The van der Waals surface area contributed by atoms with Gasteiger partial charge >= 0.3 is 0 Å². The quantitative estimate of drug-likeness (QED) is 0.690. The molecule has 3 nitrogen and oxygen atoms in total. The summed E-state index contributed by atoms with van der Waals surface area (Å²) in [6, 6.07) is 9.84. The van der Waals surface area contributed by atoms with E-state index in [0.29, 0.717) is 5.71 Å². The van der Waals surface area contributed by atoms with Crippen molar-refractivity contribution in [3.05, 3.63) is 47.5 Å². The van der Waals surface area contributed by atoms with Gasteiger partial charge in [0.2, 0.25) is 0 Å². The number of benzene rings is 2. The van der Waals surface area contributed by atoms with Gasteiger partial charge < -0.3 is 16.6 Å². The molecule has 0 spiro atoms. The molecule has 2 aromatic carbocycles. The number of rotatable bonds is 0. The molecule has 0 aliphatic heterocycles. The molecule has 0 saturated carbocycles. The SMILES string of the molecule is Cl.N=C1C=Cc2ccc(N)c3cccc1c23.O. The molecule has 0 bridgehead atoms. The van der Waals surface area contributed by atoms with Gasteiger partial charge in [0.25, 0.3) is 0 Å². The van der Waals surface area contributed by atoms with Crippen LogP contribution in [0, 0.1) is 5.41 Å². The highest BCUT2D eigenvalue weighted by atomic mass is 35.5. The Morgan fingerprint density at radius 3 is 2.53 bits per heavy atom. The molecule has 0 heterocycles. The Morgan fingerprint density at radius 1 is 1.00 bits per heavy atom. The van der Waals surface area contributed by atoms with Crippen LogP contribution >= 0.6 is 12.4 Å². The Morgan fingerprint density at radius 2 is 1.76 bits per heavy atom. The minimum Gasteiger partial charge on any atom is -0.412 e. The summed E-state index contributed by atoms with van der Waals surface area (Å²) >= 11 is 0. The third kappa shape index (κ3) is 1.79. The van der Waals surface area contributed by atoms with E-state index < -0.39 is 0 Å². The summed E-state index contributed by atoms with van der Waals surface area (Å²) in [7, 11) is 0. The first-order chi connectivity index (χ1) is 7.27. The molecule has 1 aliphatic rings. The number of hydrogen-bond acceptors (Lipinski definition) is 2. The van der Waals surface area contributed by atoms with Crippen molar-refractivity contribution in [3.8, 4) is 0 Å². The molecular formula is C13H13ClN2O. The average Bonchev–Trinajstić information content (AvgIpc) is 2.27. The summed E-state index contributed by atoms with van der Waals surface area (Å²) in [5, 5.41) is 9.99. The standard InChI is InChI=1S/C13H10N2.ClH.H2O/c14-11-6-4-8-5-7-12(15)10-3-1-2-9(11)13(8)10;;/h1-7,14H,15H2;1H;1H2. The maximum Gasteiger partial charge on any atom is 0.0618 e. The minimum absolute atomic E-state index is 0. The highest BCUT2D eigenvalue weighted by molar-refractivity contribution is 6.22. The Bertz CT molecular complexity index is 620. The first kappa shape index (κ1) is 13.2. The molecule has 0 atom stereocenters. The second-order valence-corrected chi connectivity index (χ2v) is 3.72. The van der Waals surface area contributed by atoms with Gasteiger partial charge in [-0.05, 0) is 17.7 Å². The van der Waals surface area contributed by atoms with Crippen LogP contribution in [0.2, 0.25) is 0 Å². The molecular weight excluding hydrogens is 236 g/mol. The molecule has 17 heavy (non-hydrogen) atoms. The van der Waals surface area contributed by atoms with Crippen LogP contribution in [0.5, 0.6) is 0 Å². The molecule has 88 valence electrons. The van der Waals surface area contributed by atoms with Crippen molar-refractivity contribution in [3.63, 3.8) is 0 Å². The molecule has 0 aromatic heterocycles. The van der Waals surface area contributed by atoms with Crippen molar-refractivity contribution < 1.29 is 5.48 Å². The predicted molar refractivity (Wildman–Crippen MR) is 75.1 cm³/mol. The lowest BCUT2D eigenvalue weighted by molar-refractivity contribution is 0.824. The van der Waals surface area contributed by atoms with Crippen LogP contribution in [0.15, 0.2) is 36.4 Å². The topological polar surface area (TPSA) is 81.4 Å². The molecule has 4 heteroatoms. The van der Waals surface area contributed by atoms with E-state index in [2.05, 4.69) is 0 Å². The molecule has 5 N–H and O–H groups in total. The second kappa shape index (κ2) is 4.57. The molecule has 2 aromatic rings. The number of allylic oxidation sites excluding steroid dienone is 1. The minimum atomic E-state index is 0. The summed E-state index contributed by atoms with van der Waals surface area (Å²) in [6.45, 7) is 0. The average molecular weight is 249 g/mol. The third-order valence-corrected chi connectivity index (χ3v) is 2.83. The molecule has 1 aliphatic carbocycles. The Kier molecular flexibility index (Phi) is 3.56. The number of hydrogen-bond donors (Lipinski definition) is 2. The molecule has 0 amide bonds. The van der Waals surface area contributed by atoms with Crippen LogP contribution in [0.25, 0.3) is 16.8 Å². The molecule has 0 fully saturated rings. The van der Waals surface area contributed by atoms with E-state index in [-0.39, 0.29) is 17.9 Å². The third-order valence-electron chi connectivity index (χ3n) is 2.83. The van der Waals surface area contributed by atoms with Crippen molar-refractivity contribution in [1.82, 2.24) is 0 Å². The molecule has 0 unspecified atom stereocenters. The Hall–Kier alpha value is -1.84. The van der Waals surface area contributed by atoms with Crippen LogP contribution in [0.3, 0.4) is 0 Å². The smallest absolute Gasteiger partial charge is 0.0618 e. The van der Waals surface area contributed by atoms with Crippen molar-refractivity contribution in [2.24, 2.45) is 0 Å². The van der Waals surface area contributed by atoms with Gasteiger partial charge in [0.1, 0.15) is 0 Å². The van der Waals surface area contributed by atoms with Gasteiger partial charge in [0, 0.05) is 22.0 Å². The van der Waals surface area contributed by atoms with Gasteiger partial charge in [-0.3, -0.25) is 0 Å². The summed E-state index contributed by atoms with van der Waals surface area (Å²) < 4.78 is 0. The van der Waals surface area contributed by atoms with E-state index >= 15 is 0 Å². The van der Waals surface area contributed by atoms with Gasteiger partial charge in [-0.25, -0.2) is 0 Å². The zero-order valence-corrected chi connectivity index (χ0v) is 9.84. The second-order valence-electron chi connectivity index (χ2n) is 3.72. The molecule has 3 rings (SSSR count). The van der Waals surface area contributed by atoms with Crippen LogP contribution in [-0.4, -0.2) is 11.2 Å². The first-order valence-electron chi connectivity index (χ1n) is 4.85. The van der Waals surface area contributed by atoms with Crippen LogP contribution < -0.4 is 5.73 Å². The lowest BCUT2D eigenvalue weighted by atomic mass is 9.91. The van der Waals surface area contributed by atoms with E-state index in [4.69, 9.17) is 11.1 Å². The van der Waals surface area contributed by atoms with Crippen molar-refractivity contribution in [2.75, 3.05) is 5.73 Å². The Balaban J connectivity index is 0.000000722. The number of halogens is 1. The van der Waals surface area contributed by atoms with Gasteiger partial charge in [0.05, 0.1) is 5.71 Å². The van der Waals surface area contributed by atoms with Gasteiger partial charge in [0.15, 0.2) is 0 Å². The summed E-state index contributed by atoms with van der Waals surface area (Å²) in [4.78, 5) is 0. The largest absolute Gasteiger partial charge is 0.412 e. The molecule has 0 radical (unpaired) electrons. The molecule has 0 saturated heterocycles. The van der Waals surface area contributed by atoms with Crippen LogP contribution in [0.1, 0.15) is 11.1 Å².